The Morgan fingerprint density at radius 2 is 1.38 bits per heavy atom. The van der Waals surface area contributed by atoms with E-state index in [9.17, 15) is 60.9 Å². The second-order valence-corrected chi connectivity index (χ2v) is 19.0. The molecule has 29 heteroatoms. The first-order valence-electron chi connectivity index (χ1n) is 14.7. The summed E-state index contributed by atoms with van der Waals surface area (Å²) >= 11 is 6.08. The topological polar surface area (TPSA) is 369 Å². The van der Waals surface area contributed by atoms with E-state index in [1.807, 2.05) is 0 Å². The fraction of sp³-hybridized carbons (Fsp3) is 0.148. The van der Waals surface area contributed by atoms with Gasteiger partial charge in [-0.25, -0.2) is 12.6 Å². The third-order valence-corrected chi connectivity index (χ3v) is 12.8. The van der Waals surface area contributed by atoms with Gasteiger partial charge in [-0.15, -0.1) is 0 Å². The second kappa shape index (κ2) is 15.4. The zero-order valence-electron chi connectivity index (χ0n) is 27.3. The Labute approximate surface area is 322 Å². The molecule has 0 saturated carbocycles. The summed E-state index contributed by atoms with van der Waals surface area (Å²) in [6.07, 6.45) is -0.953. The second-order valence-electron chi connectivity index (χ2n) is 11.1. The zero-order valence-corrected chi connectivity index (χ0v) is 32.1. The highest BCUT2D eigenvalue weighted by Crippen LogP contribution is 2.47. The van der Waals surface area contributed by atoms with Crippen molar-refractivity contribution in [2.24, 2.45) is 10.2 Å². The average molecular weight is 898 g/mol. The molecule has 5 rings (SSSR count). The molecule has 0 amide bonds. The van der Waals surface area contributed by atoms with Gasteiger partial charge in [0.1, 0.15) is 21.6 Å². The van der Waals surface area contributed by atoms with Gasteiger partial charge in [-0.3, -0.25) is 18.2 Å². The molecule has 1 aliphatic rings. The number of anilines is 4. The van der Waals surface area contributed by atoms with Crippen molar-refractivity contribution in [1.29, 1.82) is 0 Å². The van der Waals surface area contributed by atoms with E-state index in [1.54, 1.807) is 0 Å². The normalized spacial score (nSPS) is 17.8. The van der Waals surface area contributed by atoms with Gasteiger partial charge in [0.2, 0.25) is 17.2 Å². The number of sulfone groups is 1. The van der Waals surface area contributed by atoms with E-state index in [0.29, 0.717) is 6.08 Å². The van der Waals surface area contributed by atoms with Crippen molar-refractivity contribution in [1.82, 2.24) is 15.0 Å². The van der Waals surface area contributed by atoms with Crippen LogP contribution in [0.5, 0.6) is 0 Å². The Balaban J connectivity index is 1.53. The van der Waals surface area contributed by atoms with Gasteiger partial charge >= 0.3 is 10.4 Å². The van der Waals surface area contributed by atoms with E-state index in [-0.39, 0.29) is 22.1 Å². The molecule has 0 bridgehead atoms. The van der Waals surface area contributed by atoms with Crippen LogP contribution < -0.4 is 10.6 Å². The first-order chi connectivity index (χ1) is 25.8. The Hall–Kier alpha value is -4.59. The number of hydrogen-bond acceptors (Lipinski definition) is 19. The lowest BCUT2D eigenvalue weighted by Gasteiger charge is -2.33. The highest BCUT2D eigenvalue weighted by atomic mass is 35.5. The summed E-state index contributed by atoms with van der Waals surface area (Å²) < 4.78 is 164. The van der Waals surface area contributed by atoms with Crippen LogP contribution in [0.1, 0.15) is 17.2 Å². The molecular weight excluding hydrogens is 874 g/mol. The lowest BCUT2D eigenvalue weighted by Crippen LogP contribution is -2.42. The van der Waals surface area contributed by atoms with Crippen LogP contribution in [0, 0.1) is 0 Å². The van der Waals surface area contributed by atoms with Gasteiger partial charge in [-0.1, -0.05) is 24.3 Å². The molecule has 300 valence electrons. The predicted molar refractivity (Wildman–Crippen MR) is 193 cm³/mol. The van der Waals surface area contributed by atoms with Crippen LogP contribution >= 0.6 is 11.6 Å². The molecule has 0 aliphatic heterocycles. The summed E-state index contributed by atoms with van der Waals surface area (Å²) in [4.78, 5) is 6.41. The number of rotatable bonds is 14. The molecule has 2 unspecified atom stereocenters. The van der Waals surface area contributed by atoms with E-state index in [1.165, 1.54) is 24.3 Å². The molecular formula is C27H24ClN7O16S5. The van der Waals surface area contributed by atoms with Gasteiger partial charge in [0.25, 0.3) is 35.2 Å². The SMILES string of the molecule is O=S(=O)(O)OCCS(=O)(=O)c1ccc(Nc2nc(Cl)nc(Nc3c(S(=O)(=O)O)ccc4c3C(O)C(N=Nc3ccccc3S(=O)(=O)O)(S(=O)(=O)O)C=C4)n2)cc1. The Bertz CT molecular complexity index is 2840. The number of nitrogens with zero attached hydrogens (tertiary/aromatic N) is 5. The lowest BCUT2D eigenvalue weighted by atomic mass is 9.89. The van der Waals surface area contributed by atoms with Gasteiger partial charge < -0.3 is 15.7 Å². The quantitative estimate of drug-likeness (QED) is 0.0706. The summed E-state index contributed by atoms with van der Waals surface area (Å²) in [6, 6.07) is 10.9. The van der Waals surface area contributed by atoms with Gasteiger partial charge in [-0.2, -0.15) is 58.9 Å². The maximum absolute atomic E-state index is 12.9. The summed E-state index contributed by atoms with van der Waals surface area (Å²) in [5, 5.41) is 23.3. The van der Waals surface area contributed by atoms with Crippen molar-refractivity contribution in [3.8, 4) is 0 Å². The molecule has 7 N–H and O–H groups in total. The van der Waals surface area contributed by atoms with Crippen molar-refractivity contribution >= 4 is 97.2 Å². The maximum Gasteiger partial charge on any atom is 0.397 e. The van der Waals surface area contributed by atoms with Crippen molar-refractivity contribution in [2.45, 2.75) is 25.7 Å². The lowest BCUT2D eigenvalue weighted by molar-refractivity contribution is 0.138. The van der Waals surface area contributed by atoms with Gasteiger partial charge in [-0.05, 0) is 65.7 Å². The van der Waals surface area contributed by atoms with E-state index >= 15 is 0 Å². The standard InChI is InChI=1S/C27H24ClN7O16S5/c28-24-31-25(29-16-6-8-17(9-7-16)52(37,38)14-13-51-56(48,49)50)33-26(32-24)30-22-20(54(42,43)44)10-5-15-11-12-27(55(45,46)47,23(36)21(15)22)35-34-18-3-1-2-4-19(18)53(39,40)41/h1-12,23,36H,13-14H2,(H,39,40,41)(H,42,43,44)(H,45,46,47)(H,48,49,50)(H2,29,30,31,32,33). The molecule has 0 saturated heterocycles. The van der Waals surface area contributed by atoms with Crippen molar-refractivity contribution in [2.75, 3.05) is 23.0 Å². The Kier molecular flexibility index (Phi) is 11.7. The smallest absolute Gasteiger partial charge is 0.384 e. The fourth-order valence-electron chi connectivity index (χ4n) is 4.98. The number of azo groups is 1. The molecule has 56 heavy (non-hydrogen) atoms. The van der Waals surface area contributed by atoms with Gasteiger partial charge in [0, 0.05) is 11.3 Å². The van der Waals surface area contributed by atoms with Crippen molar-refractivity contribution in [3.63, 3.8) is 0 Å². The zero-order chi connectivity index (χ0) is 41.5. The van der Waals surface area contributed by atoms with Crippen molar-refractivity contribution < 1.29 is 69.6 Å². The van der Waals surface area contributed by atoms with Crippen LogP contribution in [0.3, 0.4) is 0 Å². The molecule has 23 nitrogen and oxygen atoms in total. The molecule has 0 fully saturated rings. The number of aliphatic hydroxyl groups excluding tert-OH is 1. The molecule has 4 aromatic rings. The van der Waals surface area contributed by atoms with E-state index in [0.717, 1.165) is 42.5 Å². The molecule has 1 heterocycles. The third kappa shape index (κ3) is 9.50. The average Bonchev–Trinajstić information content (AvgIpc) is 3.06. The largest absolute Gasteiger partial charge is 0.397 e. The number of hydrogen-bond donors (Lipinski definition) is 7. The Morgan fingerprint density at radius 1 is 0.768 bits per heavy atom. The molecule has 3 aromatic carbocycles. The molecule has 1 aromatic heterocycles. The molecule has 0 spiro atoms. The number of halogens is 1. The summed E-state index contributed by atoms with van der Waals surface area (Å²) in [5.74, 6) is -1.79. The highest BCUT2D eigenvalue weighted by molar-refractivity contribution is 7.91. The molecule has 0 radical (unpaired) electrons. The first-order valence-corrected chi connectivity index (χ1v) is 22.4. The number of aliphatic hydroxyl groups is 1. The number of fused-ring (bicyclic) bond motifs is 1. The summed E-state index contributed by atoms with van der Waals surface area (Å²) in [5.41, 5.74) is -2.05. The summed E-state index contributed by atoms with van der Waals surface area (Å²) in [6.45, 7) is -0.871. The number of nitrogens with one attached hydrogen (secondary N) is 2. The first kappa shape index (κ1) is 42.6. The third-order valence-electron chi connectivity index (χ3n) is 7.46. The highest BCUT2D eigenvalue weighted by Gasteiger charge is 2.53. The van der Waals surface area contributed by atoms with E-state index in [2.05, 4.69) is 40.0 Å². The van der Waals surface area contributed by atoms with Crippen LogP contribution in [-0.4, -0.2) is 97.6 Å². The number of benzene rings is 3. The van der Waals surface area contributed by atoms with Crippen LogP contribution in [0.25, 0.3) is 6.08 Å². The predicted octanol–water partition coefficient (Wildman–Crippen LogP) is 2.53. The minimum atomic E-state index is -5.61. The molecule has 1 aliphatic carbocycles. The Morgan fingerprint density at radius 3 is 1.96 bits per heavy atom. The van der Waals surface area contributed by atoms with Gasteiger partial charge in [0.05, 0.1) is 22.9 Å². The number of aromatic nitrogens is 3. The maximum atomic E-state index is 12.9. The minimum Gasteiger partial charge on any atom is -0.384 e. The van der Waals surface area contributed by atoms with E-state index in [4.69, 9.17) is 16.2 Å². The minimum absolute atomic E-state index is 0.113. The molecule has 2 atom stereocenters. The monoisotopic (exact) mass is 897 g/mol. The van der Waals surface area contributed by atoms with Crippen LogP contribution in [0.15, 0.2) is 91.7 Å². The van der Waals surface area contributed by atoms with Gasteiger partial charge in [0.15, 0.2) is 9.84 Å². The summed E-state index contributed by atoms with van der Waals surface area (Å²) in [7, 11) is -24.8. The fourth-order valence-corrected chi connectivity index (χ4v) is 8.69. The van der Waals surface area contributed by atoms with Crippen molar-refractivity contribution in [3.05, 3.63) is 83.2 Å². The van der Waals surface area contributed by atoms with E-state index < -0.39 is 112 Å². The van der Waals surface area contributed by atoms with Crippen LogP contribution in [0.2, 0.25) is 5.28 Å². The van der Waals surface area contributed by atoms with Crippen LogP contribution in [-0.2, 0) is 54.8 Å². The van der Waals surface area contributed by atoms with Crippen LogP contribution in [0.4, 0.5) is 29.0 Å².